The third kappa shape index (κ3) is 6.08. The Morgan fingerprint density at radius 2 is 1.83 bits per heavy atom. The molecule has 3 amide bonds. The Bertz CT molecular complexity index is 420. The molecule has 1 aliphatic carbocycles. The Balaban J connectivity index is 2.70. The summed E-state index contributed by atoms with van der Waals surface area (Å²) in [7, 11) is 1.60. The van der Waals surface area contributed by atoms with Crippen molar-refractivity contribution in [1.82, 2.24) is 15.5 Å². The van der Waals surface area contributed by atoms with E-state index < -0.39 is 11.5 Å². The normalized spacial score (nSPS) is 16.4. The highest BCUT2D eigenvalue weighted by Crippen LogP contribution is 2.30. The first kappa shape index (κ1) is 19.3. The smallest absolute Gasteiger partial charge is 0.315 e. The Kier molecular flexibility index (Phi) is 7.85. The van der Waals surface area contributed by atoms with E-state index >= 15 is 0 Å². The molecule has 7 nitrogen and oxygen atoms in total. The summed E-state index contributed by atoms with van der Waals surface area (Å²) in [4.78, 5) is 37.0. The fourth-order valence-corrected chi connectivity index (χ4v) is 2.92. The van der Waals surface area contributed by atoms with Crippen molar-refractivity contribution in [3.05, 3.63) is 0 Å². The summed E-state index contributed by atoms with van der Waals surface area (Å²) in [5.74, 6) is -1.13. The Labute approximate surface area is 137 Å². The van der Waals surface area contributed by atoms with Crippen molar-refractivity contribution in [3.63, 3.8) is 0 Å². The zero-order valence-corrected chi connectivity index (χ0v) is 14.2. The lowest BCUT2D eigenvalue weighted by molar-refractivity contribution is -0.140. The second-order valence-corrected chi connectivity index (χ2v) is 6.25. The molecule has 23 heavy (non-hydrogen) atoms. The van der Waals surface area contributed by atoms with Gasteiger partial charge in [-0.25, -0.2) is 4.79 Å². The number of unbranched alkanes of at least 4 members (excludes halogenated alkanes) is 1. The van der Waals surface area contributed by atoms with Crippen LogP contribution >= 0.6 is 0 Å². The van der Waals surface area contributed by atoms with Crippen LogP contribution in [-0.2, 0) is 9.59 Å². The topological polar surface area (TPSA) is 98.7 Å². The van der Waals surface area contributed by atoms with Crippen LogP contribution in [-0.4, -0.2) is 53.6 Å². The number of nitrogens with zero attached hydrogens (tertiary/aromatic N) is 1. The molecule has 0 saturated heterocycles. The third-order valence-electron chi connectivity index (χ3n) is 4.29. The third-order valence-corrected chi connectivity index (χ3v) is 4.29. The predicted molar refractivity (Wildman–Crippen MR) is 87.1 cm³/mol. The van der Waals surface area contributed by atoms with Gasteiger partial charge in [0.1, 0.15) is 5.54 Å². The number of rotatable bonds is 8. The van der Waals surface area contributed by atoms with Crippen LogP contribution in [0.5, 0.6) is 0 Å². The molecule has 0 spiro atoms. The molecule has 1 aliphatic rings. The zero-order valence-electron chi connectivity index (χ0n) is 14.2. The van der Waals surface area contributed by atoms with Crippen LogP contribution in [0, 0.1) is 0 Å². The van der Waals surface area contributed by atoms with Crippen molar-refractivity contribution in [2.75, 3.05) is 20.1 Å². The lowest BCUT2D eigenvalue weighted by Crippen LogP contribution is -2.61. The molecule has 1 fully saturated rings. The molecule has 0 radical (unpaired) electrons. The zero-order chi connectivity index (χ0) is 17.3. The van der Waals surface area contributed by atoms with E-state index in [1.807, 2.05) is 6.92 Å². The van der Waals surface area contributed by atoms with Crippen molar-refractivity contribution in [2.24, 2.45) is 0 Å². The number of carbonyl (C=O) groups is 3. The summed E-state index contributed by atoms with van der Waals surface area (Å²) < 4.78 is 0. The molecule has 7 heteroatoms. The van der Waals surface area contributed by atoms with Crippen LogP contribution in [0.15, 0.2) is 0 Å². The molecule has 0 unspecified atom stereocenters. The molecular weight excluding hydrogens is 298 g/mol. The van der Waals surface area contributed by atoms with Gasteiger partial charge in [-0.3, -0.25) is 9.59 Å². The number of nitrogens with one attached hydrogen (secondary N) is 2. The average molecular weight is 327 g/mol. The van der Waals surface area contributed by atoms with Gasteiger partial charge < -0.3 is 20.6 Å². The number of likely N-dealkylation sites (N-methyl/N-ethyl adjacent to an activating group) is 1. The van der Waals surface area contributed by atoms with Gasteiger partial charge in [-0.05, 0) is 19.3 Å². The van der Waals surface area contributed by atoms with Crippen LogP contribution in [0.25, 0.3) is 0 Å². The number of hydrogen-bond donors (Lipinski definition) is 3. The summed E-state index contributed by atoms with van der Waals surface area (Å²) in [6.07, 6.45) is 5.81. The van der Waals surface area contributed by atoms with Crippen molar-refractivity contribution >= 4 is 17.9 Å². The number of aliphatic carboxylic acids is 1. The average Bonchev–Trinajstić information content (AvgIpc) is 2.53. The van der Waals surface area contributed by atoms with Gasteiger partial charge in [0, 0.05) is 20.1 Å². The molecule has 0 aromatic heterocycles. The van der Waals surface area contributed by atoms with Crippen LogP contribution in [0.4, 0.5) is 4.79 Å². The number of urea groups is 1. The monoisotopic (exact) mass is 327 g/mol. The fourth-order valence-electron chi connectivity index (χ4n) is 2.92. The van der Waals surface area contributed by atoms with Crippen LogP contribution < -0.4 is 10.6 Å². The van der Waals surface area contributed by atoms with Gasteiger partial charge >= 0.3 is 12.0 Å². The maximum atomic E-state index is 12.8. The Hall–Kier alpha value is -1.79. The highest BCUT2D eigenvalue weighted by molar-refractivity contribution is 5.91. The van der Waals surface area contributed by atoms with E-state index in [4.69, 9.17) is 5.11 Å². The number of hydrogen-bond acceptors (Lipinski definition) is 3. The predicted octanol–water partition coefficient (Wildman–Crippen LogP) is 1.72. The lowest BCUT2D eigenvalue weighted by Gasteiger charge is -2.39. The lowest BCUT2D eigenvalue weighted by atomic mass is 9.80. The first-order valence-electron chi connectivity index (χ1n) is 8.44. The minimum atomic E-state index is -0.937. The molecule has 0 aliphatic heterocycles. The van der Waals surface area contributed by atoms with Crippen LogP contribution in [0.3, 0.4) is 0 Å². The second-order valence-electron chi connectivity index (χ2n) is 6.25. The van der Waals surface area contributed by atoms with E-state index in [-0.39, 0.29) is 24.9 Å². The highest BCUT2D eigenvalue weighted by Gasteiger charge is 2.42. The quantitative estimate of drug-likeness (QED) is 0.591. The molecule has 0 heterocycles. The Morgan fingerprint density at radius 3 is 2.39 bits per heavy atom. The highest BCUT2D eigenvalue weighted by atomic mass is 16.4. The van der Waals surface area contributed by atoms with Crippen molar-refractivity contribution in [2.45, 2.75) is 63.8 Å². The molecule has 0 atom stereocenters. The molecule has 0 aromatic carbocycles. The largest absolute Gasteiger partial charge is 0.481 e. The van der Waals surface area contributed by atoms with Gasteiger partial charge in [-0.15, -0.1) is 0 Å². The second kappa shape index (κ2) is 9.37. The molecule has 1 saturated carbocycles. The maximum absolute atomic E-state index is 12.8. The first-order valence-corrected chi connectivity index (χ1v) is 8.44. The number of carboxylic acid groups (broad SMARTS) is 1. The number of carboxylic acids is 1. The van der Waals surface area contributed by atoms with E-state index in [1.54, 1.807) is 7.05 Å². The van der Waals surface area contributed by atoms with Gasteiger partial charge in [0.25, 0.3) is 0 Å². The summed E-state index contributed by atoms with van der Waals surface area (Å²) in [5, 5.41) is 14.4. The fraction of sp³-hybridized carbons (Fsp3) is 0.812. The standard InChI is InChI=1S/C16H29N3O4/c1-3-4-11-17-15(23)18-16(9-6-5-7-10-16)14(22)19(2)12-8-13(20)21/h3-12H2,1-2H3,(H,20,21)(H2,17,18,23). The van der Waals surface area contributed by atoms with E-state index in [0.29, 0.717) is 19.4 Å². The summed E-state index contributed by atoms with van der Waals surface area (Å²) in [6, 6.07) is -0.319. The van der Waals surface area contributed by atoms with Gasteiger partial charge in [-0.1, -0.05) is 32.6 Å². The summed E-state index contributed by atoms with van der Waals surface area (Å²) in [6.45, 7) is 2.78. The molecule has 3 N–H and O–H groups in total. The maximum Gasteiger partial charge on any atom is 0.315 e. The molecule has 0 bridgehead atoms. The van der Waals surface area contributed by atoms with Crippen molar-refractivity contribution in [1.29, 1.82) is 0 Å². The minimum Gasteiger partial charge on any atom is -0.481 e. The Morgan fingerprint density at radius 1 is 1.17 bits per heavy atom. The molecule has 132 valence electrons. The SMILES string of the molecule is CCCCNC(=O)NC1(C(=O)N(C)CCC(=O)O)CCCCC1. The van der Waals surface area contributed by atoms with Gasteiger partial charge in [-0.2, -0.15) is 0 Å². The van der Waals surface area contributed by atoms with Gasteiger partial charge in [0.2, 0.25) is 5.91 Å². The minimum absolute atomic E-state index is 0.0962. The van der Waals surface area contributed by atoms with Crippen LogP contribution in [0.1, 0.15) is 58.3 Å². The first-order chi connectivity index (χ1) is 10.9. The van der Waals surface area contributed by atoms with E-state index in [0.717, 1.165) is 32.1 Å². The summed E-state index contributed by atoms with van der Waals surface area (Å²) in [5.41, 5.74) is -0.901. The summed E-state index contributed by atoms with van der Waals surface area (Å²) >= 11 is 0. The molecule has 0 aromatic rings. The van der Waals surface area contributed by atoms with E-state index in [9.17, 15) is 14.4 Å². The van der Waals surface area contributed by atoms with Crippen LogP contribution in [0.2, 0.25) is 0 Å². The van der Waals surface area contributed by atoms with E-state index in [2.05, 4.69) is 10.6 Å². The molecule has 1 rings (SSSR count). The number of amides is 3. The van der Waals surface area contributed by atoms with Crippen molar-refractivity contribution in [3.8, 4) is 0 Å². The molecular formula is C16H29N3O4. The van der Waals surface area contributed by atoms with Gasteiger partial charge in [0.05, 0.1) is 6.42 Å². The van der Waals surface area contributed by atoms with Crippen molar-refractivity contribution < 1.29 is 19.5 Å². The van der Waals surface area contributed by atoms with E-state index in [1.165, 1.54) is 4.90 Å². The number of carbonyl (C=O) groups excluding carboxylic acids is 2. The van der Waals surface area contributed by atoms with Gasteiger partial charge in [0.15, 0.2) is 0 Å².